The number of carbonyl (C=O) groups is 1. The maximum Gasteiger partial charge on any atom is 0.338 e. The van der Waals surface area contributed by atoms with Crippen molar-refractivity contribution in [1.82, 2.24) is 4.57 Å². The second-order valence-electron chi connectivity index (χ2n) is 7.49. The van der Waals surface area contributed by atoms with Crippen LogP contribution in [0.3, 0.4) is 0 Å². The van der Waals surface area contributed by atoms with Gasteiger partial charge in [0.15, 0.2) is 0 Å². The number of nitrogens with zero attached hydrogens (tertiary/aromatic N) is 1. The van der Waals surface area contributed by atoms with E-state index in [4.69, 9.17) is 8.92 Å². The van der Waals surface area contributed by atoms with Gasteiger partial charge < -0.3 is 9.30 Å². The quantitative estimate of drug-likeness (QED) is 0.264. The number of fused-ring (bicyclic) bond motifs is 1. The molecule has 0 saturated carbocycles. The number of esters is 1. The monoisotopic (exact) mass is 467 g/mol. The van der Waals surface area contributed by atoms with Gasteiger partial charge in [0.25, 0.3) is 10.1 Å². The molecule has 0 N–H and O–H groups in total. The van der Waals surface area contributed by atoms with Crippen molar-refractivity contribution >= 4 is 27.0 Å². The Kier molecular flexibility index (Phi) is 6.86. The van der Waals surface area contributed by atoms with Crippen LogP contribution in [0.4, 0.5) is 4.39 Å². The van der Waals surface area contributed by atoms with Crippen molar-refractivity contribution in [2.45, 2.75) is 18.9 Å². The van der Waals surface area contributed by atoms with E-state index in [1.54, 1.807) is 54.6 Å². The lowest BCUT2D eigenvalue weighted by atomic mass is 10.1. The summed E-state index contributed by atoms with van der Waals surface area (Å²) in [6.45, 7) is 0.301. The zero-order chi connectivity index (χ0) is 23.3. The third kappa shape index (κ3) is 6.06. The first-order valence-electron chi connectivity index (χ1n) is 10.3. The van der Waals surface area contributed by atoms with E-state index in [1.165, 1.54) is 12.1 Å². The van der Waals surface area contributed by atoms with E-state index in [9.17, 15) is 17.6 Å². The van der Waals surface area contributed by atoms with Gasteiger partial charge in [-0.1, -0.05) is 48.5 Å². The zero-order valence-electron chi connectivity index (χ0n) is 17.7. The van der Waals surface area contributed by atoms with Gasteiger partial charge >= 0.3 is 5.97 Å². The maximum absolute atomic E-state index is 13.0. The molecule has 0 fully saturated rings. The number of halogens is 1. The molecule has 0 bridgehead atoms. The summed E-state index contributed by atoms with van der Waals surface area (Å²) in [5, 5.41) is 0.900. The van der Waals surface area contributed by atoms with Crippen LogP contribution < -0.4 is 0 Å². The Hall–Kier alpha value is -3.49. The highest BCUT2D eigenvalue weighted by Crippen LogP contribution is 2.19. The molecular weight excluding hydrogens is 445 g/mol. The van der Waals surface area contributed by atoms with Gasteiger partial charge in [0.05, 0.1) is 12.2 Å². The molecule has 0 radical (unpaired) electrons. The number of carbonyl (C=O) groups excluding carboxylic acids is 1. The molecule has 4 aromatic rings. The van der Waals surface area contributed by atoms with Crippen molar-refractivity contribution in [1.29, 1.82) is 0 Å². The Labute approximate surface area is 191 Å². The van der Waals surface area contributed by atoms with Crippen LogP contribution in [-0.4, -0.2) is 25.6 Å². The van der Waals surface area contributed by atoms with E-state index in [-0.39, 0.29) is 24.8 Å². The standard InChI is InChI=1S/C25H22FNO5S/c26-23-10-6-19(7-11-23)17-31-25(28)22-9-8-21-12-13-27(24(21)16-22)14-15-32-33(29,30)18-20-4-2-1-3-5-20/h1-13,16H,14-15,17-18H2. The summed E-state index contributed by atoms with van der Waals surface area (Å²) >= 11 is 0. The molecule has 0 aliphatic rings. The van der Waals surface area contributed by atoms with Gasteiger partial charge in [-0.25, -0.2) is 9.18 Å². The van der Waals surface area contributed by atoms with Gasteiger partial charge in [-0.3, -0.25) is 4.18 Å². The molecule has 8 heteroatoms. The fourth-order valence-corrected chi connectivity index (χ4v) is 4.41. The van der Waals surface area contributed by atoms with Crippen LogP contribution in [0, 0.1) is 5.82 Å². The van der Waals surface area contributed by atoms with Crippen LogP contribution in [0.2, 0.25) is 0 Å². The second-order valence-corrected chi connectivity index (χ2v) is 9.13. The number of hydrogen-bond acceptors (Lipinski definition) is 5. The molecule has 1 aromatic heterocycles. The van der Waals surface area contributed by atoms with E-state index in [2.05, 4.69) is 0 Å². The van der Waals surface area contributed by atoms with Crippen molar-refractivity contribution in [2.75, 3.05) is 6.61 Å². The molecular formula is C25H22FNO5S. The number of aromatic nitrogens is 1. The number of ether oxygens (including phenoxy) is 1. The molecule has 1 heterocycles. The predicted molar refractivity (Wildman–Crippen MR) is 122 cm³/mol. The summed E-state index contributed by atoms with van der Waals surface area (Å²) in [5.41, 5.74) is 2.47. The fraction of sp³-hybridized carbons (Fsp3) is 0.160. The van der Waals surface area contributed by atoms with Crippen LogP contribution in [0.5, 0.6) is 0 Å². The minimum atomic E-state index is -3.71. The third-order valence-electron chi connectivity index (χ3n) is 5.07. The van der Waals surface area contributed by atoms with Gasteiger partial charge in [0.2, 0.25) is 0 Å². The average Bonchev–Trinajstić information content (AvgIpc) is 3.21. The van der Waals surface area contributed by atoms with E-state index >= 15 is 0 Å². The molecule has 0 aliphatic heterocycles. The van der Waals surface area contributed by atoms with Crippen LogP contribution in [0.15, 0.2) is 85.1 Å². The molecule has 3 aromatic carbocycles. The van der Waals surface area contributed by atoms with E-state index in [1.807, 2.05) is 22.9 Å². The summed E-state index contributed by atoms with van der Waals surface area (Å²) in [6, 6.07) is 21.6. The molecule has 0 spiro atoms. The average molecular weight is 468 g/mol. The van der Waals surface area contributed by atoms with Gasteiger partial charge in [0, 0.05) is 18.3 Å². The Balaban J connectivity index is 1.38. The van der Waals surface area contributed by atoms with Gasteiger partial charge in [0.1, 0.15) is 18.2 Å². The topological polar surface area (TPSA) is 74.6 Å². The first kappa shape index (κ1) is 22.7. The van der Waals surface area contributed by atoms with Gasteiger partial charge in [-0.15, -0.1) is 0 Å². The van der Waals surface area contributed by atoms with Gasteiger partial charge in [-0.05, 0) is 46.8 Å². The molecule has 6 nitrogen and oxygen atoms in total. The molecule has 0 atom stereocenters. The highest BCUT2D eigenvalue weighted by atomic mass is 32.2. The Morgan fingerprint density at radius 2 is 1.67 bits per heavy atom. The summed E-state index contributed by atoms with van der Waals surface area (Å²) in [5.74, 6) is -1.05. The molecule has 0 saturated heterocycles. The summed E-state index contributed by atoms with van der Waals surface area (Å²) in [7, 11) is -3.71. The van der Waals surface area contributed by atoms with Crippen molar-refractivity contribution < 1.29 is 26.5 Å². The zero-order valence-corrected chi connectivity index (χ0v) is 18.5. The molecule has 0 aliphatic carbocycles. The summed E-state index contributed by atoms with van der Waals surface area (Å²) in [4.78, 5) is 12.5. The smallest absolute Gasteiger partial charge is 0.338 e. The first-order chi connectivity index (χ1) is 15.9. The number of rotatable bonds is 9. The normalized spacial score (nSPS) is 11.5. The minimum Gasteiger partial charge on any atom is -0.457 e. The fourth-order valence-electron chi connectivity index (χ4n) is 3.40. The molecule has 0 unspecified atom stereocenters. The largest absolute Gasteiger partial charge is 0.457 e. The predicted octanol–water partition coefficient (Wildman–Crippen LogP) is 4.68. The van der Waals surface area contributed by atoms with E-state index in [0.717, 1.165) is 10.9 Å². The van der Waals surface area contributed by atoms with Crippen molar-refractivity contribution in [3.05, 3.63) is 108 Å². The summed E-state index contributed by atoms with van der Waals surface area (Å²) < 4.78 is 49.8. The lowest BCUT2D eigenvalue weighted by Crippen LogP contribution is -2.13. The number of benzene rings is 3. The van der Waals surface area contributed by atoms with E-state index < -0.39 is 16.1 Å². The highest BCUT2D eigenvalue weighted by molar-refractivity contribution is 7.85. The Morgan fingerprint density at radius 3 is 2.42 bits per heavy atom. The Bertz CT molecular complexity index is 1350. The van der Waals surface area contributed by atoms with E-state index in [0.29, 0.717) is 23.2 Å². The summed E-state index contributed by atoms with van der Waals surface area (Å²) in [6.07, 6.45) is 1.81. The lowest BCUT2D eigenvalue weighted by Gasteiger charge is -2.09. The number of hydrogen-bond donors (Lipinski definition) is 0. The minimum absolute atomic E-state index is 0.0296. The molecule has 4 rings (SSSR count). The Morgan fingerprint density at radius 1 is 0.909 bits per heavy atom. The third-order valence-corrected chi connectivity index (χ3v) is 6.29. The van der Waals surface area contributed by atoms with Crippen molar-refractivity contribution in [2.24, 2.45) is 0 Å². The van der Waals surface area contributed by atoms with Crippen molar-refractivity contribution in [3.63, 3.8) is 0 Å². The van der Waals surface area contributed by atoms with Crippen LogP contribution in [0.25, 0.3) is 10.9 Å². The molecule has 0 amide bonds. The molecule has 170 valence electrons. The van der Waals surface area contributed by atoms with Crippen LogP contribution >= 0.6 is 0 Å². The van der Waals surface area contributed by atoms with Gasteiger partial charge in [-0.2, -0.15) is 8.42 Å². The first-order valence-corrected chi connectivity index (χ1v) is 11.9. The maximum atomic E-state index is 13.0. The van der Waals surface area contributed by atoms with Crippen LogP contribution in [0.1, 0.15) is 21.5 Å². The SMILES string of the molecule is O=C(OCc1ccc(F)cc1)c1ccc2ccn(CCOS(=O)(=O)Cc3ccccc3)c2c1. The van der Waals surface area contributed by atoms with Crippen LogP contribution in [-0.2, 0) is 37.9 Å². The second kappa shape index (κ2) is 9.97. The highest BCUT2D eigenvalue weighted by Gasteiger charge is 2.14. The molecule has 33 heavy (non-hydrogen) atoms. The van der Waals surface area contributed by atoms with Crippen molar-refractivity contribution in [3.8, 4) is 0 Å². The lowest BCUT2D eigenvalue weighted by molar-refractivity contribution is 0.0473.